The molecule has 0 unspecified atom stereocenters. The quantitative estimate of drug-likeness (QED) is 0.885. The van der Waals surface area contributed by atoms with Crippen molar-refractivity contribution in [3.63, 3.8) is 0 Å². The molecule has 2 rings (SSSR count). The van der Waals surface area contributed by atoms with E-state index >= 15 is 0 Å². The lowest BCUT2D eigenvalue weighted by Crippen LogP contribution is -2.41. The lowest BCUT2D eigenvalue weighted by Gasteiger charge is -2.28. The van der Waals surface area contributed by atoms with Crippen LogP contribution in [0.3, 0.4) is 0 Å². The summed E-state index contributed by atoms with van der Waals surface area (Å²) in [5, 5.41) is 2.69. The van der Waals surface area contributed by atoms with Gasteiger partial charge in [-0.1, -0.05) is 0 Å². The van der Waals surface area contributed by atoms with Gasteiger partial charge in [-0.15, -0.1) is 0 Å². The lowest BCUT2D eigenvalue weighted by atomic mass is 10.2. The third kappa shape index (κ3) is 3.03. The molecule has 19 heavy (non-hydrogen) atoms. The first-order valence-corrected chi connectivity index (χ1v) is 5.95. The number of rotatable bonds is 3. The van der Waals surface area contributed by atoms with Crippen LogP contribution in [0.2, 0.25) is 0 Å². The predicted octanol–water partition coefficient (Wildman–Crippen LogP) is 1.02. The highest BCUT2D eigenvalue weighted by atomic mass is 16.5. The van der Waals surface area contributed by atoms with E-state index < -0.39 is 0 Å². The van der Waals surface area contributed by atoms with Crippen LogP contribution in [-0.2, 0) is 14.3 Å². The van der Waals surface area contributed by atoms with Crippen molar-refractivity contribution in [1.82, 2.24) is 0 Å². The Labute approximate surface area is 111 Å². The Kier molecular flexibility index (Phi) is 4.01. The fourth-order valence-electron chi connectivity index (χ4n) is 1.95. The van der Waals surface area contributed by atoms with E-state index in [2.05, 4.69) is 5.32 Å². The second-order valence-electron chi connectivity index (χ2n) is 4.17. The maximum atomic E-state index is 11.9. The average Bonchev–Trinajstić information content (AvgIpc) is 2.38. The number of hydrogen-bond donors (Lipinski definition) is 1. The number of hydrogen-bond acceptors (Lipinski definition) is 4. The third-order valence-corrected chi connectivity index (χ3v) is 2.78. The topological polar surface area (TPSA) is 67.9 Å². The Bertz CT molecular complexity index is 501. The van der Waals surface area contributed by atoms with Crippen LogP contribution in [0.15, 0.2) is 18.2 Å². The van der Waals surface area contributed by atoms with Gasteiger partial charge in [-0.3, -0.25) is 9.59 Å². The van der Waals surface area contributed by atoms with Crippen LogP contribution in [0.5, 0.6) is 5.75 Å². The molecule has 1 heterocycles. The molecule has 0 saturated carbocycles. The number of methoxy groups -OCH3 is 1. The van der Waals surface area contributed by atoms with Gasteiger partial charge in [-0.05, 0) is 18.2 Å². The van der Waals surface area contributed by atoms with Gasteiger partial charge in [0.1, 0.15) is 12.4 Å². The summed E-state index contributed by atoms with van der Waals surface area (Å²) in [6.07, 6.45) is 0. The molecule has 1 aromatic carbocycles. The first-order chi connectivity index (χ1) is 9.11. The standard InChI is InChI=1S/C13H16N2O4/c1-9(16)14-10-3-4-12(18-2)11(7-10)15-5-6-19-8-13(15)17/h3-4,7H,5-6,8H2,1-2H3,(H,14,16). The van der Waals surface area contributed by atoms with E-state index in [4.69, 9.17) is 9.47 Å². The molecule has 0 aliphatic carbocycles. The molecule has 1 saturated heterocycles. The smallest absolute Gasteiger partial charge is 0.253 e. The van der Waals surface area contributed by atoms with Crippen molar-refractivity contribution < 1.29 is 19.1 Å². The molecule has 1 aromatic rings. The first kappa shape index (κ1) is 13.4. The van der Waals surface area contributed by atoms with E-state index in [-0.39, 0.29) is 18.4 Å². The van der Waals surface area contributed by atoms with Crippen LogP contribution >= 0.6 is 0 Å². The van der Waals surface area contributed by atoms with E-state index in [0.29, 0.717) is 30.3 Å². The summed E-state index contributed by atoms with van der Waals surface area (Å²) in [7, 11) is 1.54. The van der Waals surface area contributed by atoms with Crippen molar-refractivity contribution in [3.05, 3.63) is 18.2 Å². The third-order valence-electron chi connectivity index (χ3n) is 2.78. The summed E-state index contributed by atoms with van der Waals surface area (Å²) in [4.78, 5) is 24.5. The minimum absolute atomic E-state index is 0.0630. The highest BCUT2D eigenvalue weighted by molar-refractivity contribution is 5.98. The molecule has 1 fully saturated rings. The molecular formula is C13H16N2O4. The van der Waals surface area contributed by atoms with Crippen LogP contribution in [0.1, 0.15) is 6.92 Å². The summed E-state index contributed by atoms with van der Waals surface area (Å²) >= 11 is 0. The summed E-state index contributed by atoms with van der Waals surface area (Å²) in [5.74, 6) is 0.304. The Balaban J connectivity index is 2.34. The van der Waals surface area contributed by atoms with Crippen molar-refractivity contribution in [1.29, 1.82) is 0 Å². The Morgan fingerprint density at radius 2 is 2.26 bits per heavy atom. The van der Waals surface area contributed by atoms with Crippen LogP contribution in [0.4, 0.5) is 11.4 Å². The van der Waals surface area contributed by atoms with Gasteiger partial charge < -0.3 is 19.7 Å². The molecule has 1 aliphatic rings. The van der Waals surface area contributed by atoms with Crippen LogP contribution in [0.25, 0.3) is 0 Å². The number of nitrogens with one attached hydrogen (secondary N) is 1. The van der Waals surface area contributed by atoms with E-state index in [9.17, 15) is 9.59 Å². The largest absolute Gasteiger partial charge is 0.495 e. The number of anilines is 2. The monoisotopic (exact) mass is 264 g/mol. The van der Waals surface area contributed by atoms with Gasteiger partial charge in [0.05, 0.1) is 19.4 Å². The summed E-state index contributed by atoms with van der Waals surface area (Å²) in [5.41, 5.74) is 1.27. The number of benzene rings is 1. The highest BCUT2D eigenvalue weighted by Gasteiger charge is 2.23. The van der Waals surface area contributed by atoms with Gasteiger partial charge in [0, 0.05) is 19.2 Å². The first-order valence-electron chi connectivity index (χ1n) is 5.95. The average molecular weight is 264 g/mol. The summed E-state index contributed by atoms with van der Waals surface area (Å²) < 4.78 is 10.4. The number of amides is 2. The SMILES string of the molecule is COc1ccc(NC(C)=O)cc1N1CCOCC1=O. The molecule has 0 atom stereocenters. The number of nitrogens with zero attached hydrogens (tertiary/aromatic N) is 1. The van der Waals surface area contributed by atoms with E-state index in [0.717, 1.165) is 0 Å². The molecule has 6 heteroatoms. The van der Waals surface area contributed by atoms with E-state index in [1.807, 2.05) is 0 Å². The fraction of sp³-hybridized carbons (Fsp3) is 0.385. The molecule has 6 nitrogen and oxygen atoms in total. The maximum Gasteiger partial charge on any atom is 0.253 e. The van der Waals surface area contributed by atoms with Gasteiger partial charge in [-0.2, -0.15) is 0 Å². The predicted molar refractivity (Wildman–Crippen MR) is 70.5 cm³/mol. The van der Waals surface area contributed by atoms with Crippen LogP contribution < -0.4 is 15.0 Å². The molecule has 1 N–H and O–H groups in total. The lowest BCUT2D eigenvalue weighted by molar-refractivity contribution is -0.125. The van der Waals surface area contributed by atoms with Crippen molar-refractivity contribution in [2.45, 2.75) is 6.92 Å². The number of morpholine rings is 1. The Hall–Kier alpha value is -2.08. The number of carbonyl (C=O) groups excluding carboxylic acids is 2. The van der Waals surface area contributed by atoms with Crippen molar-refractivity contribution in [3.8, 4) is 5.75 Å². The fourth-order valence-corrected chi connectivity index (χ4v) is 1.95. The zero-order chi connectivity index (χ0) is 13.8. The second-order valence-corrected chi connectivity index (χ2v) is 4.17. The Morgan fingerprint density at radius 1 is 1.47 bits per heavy atom. The van der Waals surface area contributed by atoms with Crippen molar-refractivity contribution in [2.24, 2.45) is 0 Å². The molecule has 0 bridgehead atoms. The normalized spacial score (nSPS) is 15.3. The molecule has 2 amide bonds. The minimum atomic E-state index is -0.163. The summed E-state index contributed by atoms with van der Waals surface area (Å²) in [6, 6.07) is 5.18. The molecule has 1 aliphatic heterocycles. The minimum Gasteiger partial charge on any atom is -0.495 e. The molecule has 0 spiro atoms. The van der Waals surface area contributed by atoms with Crippen molar-refractivity contribution in [2.75, 3.05) is 37.1 Å². The zero-order valence-corrected chi connectivity index (χ0v) is 10.9. The van der Waals surface area contributed by atoms with Gasteiger partial charge >= 0.3 is 0 Å². The molecular weight excluding hydrogens is 248 g/mol. The van der Waals surface area contributed by atoms with Gasteiger partial charge in [0.2, 0.25) is 5.91 Å². The van der Waals surface area contributed by atoms with Crippen LogP contribution in [-0.4, -0.2) is 38.7 Å². The number of ether oxygens (including phenoxy) is 2. The molecule has 102 valence electrons. The van der Waals surface area contributed by atoms with Gasteiger partial charge in [-0.25, -0.2) is 0 Å². The summed E-state index contributed by atoms with van der Waals surface area (Å²) in [6.45, 7) is 2.45. The van der Waals surface area contributed by atoms with E-state index in [1.54, 1.807) is 30.2 Å². The number of carbonyl (C=O) groups is 2. The van der Waals surface area contributed by atoms with Gasteiger partial charge in [0.15, 0.2) is 0 Å². The van der Waals surface area contributed by atoms with Crippen molar-refractivity contribution >= 4 is 23.2 Å². The maximum absolute atomic E-state index is 11.9. The van der Waals surface area contributed by atoms with E-state index in [1.165, 1.54) is 6.92 Å². The molecule has 0 radical (unpaired) electrons. The second kappa shape index (κ2) is 5.71. The highest BCUT2D eigenvalue weighted by Crippen LogP contribution is 2.32. The van der Waals surface area contributed by atoms with Crippen LogP contribution in [0, 0.1) is 0 Å². The molecule has 0 aromatic heterocycles. The van der Waals surface area contributed by atoms with Gasteiger partial charge in [0.25, 0.3) is 5.91 Å². The Morgan fingerprint density at radius 3 is 2.89 bits per heavy atom. The zero-order valence-electron chi connectivity index (χ0n) is 10.9.